The molecule has 0 N–H and O–H groups in total. The summed E-state index contributed by atoms with van der Waals surface area (Å²) in [6, 6.07) is 2.91. The molecule has 0 aliphatic rings. The van der Waals surface area contributed by atoms with Gasteiger partial charge < -0.3 is 12.9 Å². The van der Waals surface area contributed by atoms with Crippen molar-refractivity contribution in [2.75, 3.05) is 0 Å². The molecule has 0 saturated carbocycles. The highest BCUT2D eigenvalue weighted by Crippen LogP contribution is 2.24. The Bertz CT molecular complexity index is 312. The smallest absolute Gasteiger partial charge is 0.445 e. The maximum absolute atomic E-state index is 12.4. The normalized spacial score (nSPS) is 11.8. The van der Waals surface area contributed by atoms with Crippen LogP contribution in [0.4, 0.5) is 12.9 Å². The highest BCUT2D eigenvalue weighted by Gasteiger charge is 2.30. The first-order valence-corrected chi connectivity index (χ1v) is 5.06. The van der Waals surface area contributed by atoms with Crippen LogP contribution in [0.25, 0.3) is 0 Å². The van der Waals surface area contributed by atoms with E-state index >= 15 is 0 Å². The maximum atomic E-state index is 12.4. The predicted octanol–water partition coefficient (Wildman–Crippen LogP) is 3.57. The van der Waals surface area contributed by atoms with Crippen molar-refractivity contribution in [3.63, 3.8) is 0 Å². The Labute approximate surface area is 90.8 Å². The van der Waals surface area contributed by atoms with Gasteiger partial charge in [0, 0.05) is 0 Å². The molecule has 0 aliphatic heterocycles. The highest BCUT2D eigenvalue weighted by molar-refractivity contribution is 9.11. The molecule has 13 heavy (non-hydrogen) atoms. The number of rotatable bonds is 1. The van der Waals surface area contributed by atoms with E-state index < -0.39 is 12.4 Å². The van der Waals surface area contributed by atoms with Gasteiger partial charge in [-0.15, -0.1) is 0 Å². The Morgan fingerprint density at radius 2 is 1.46 bits per heavy atom. The van der Waals surface area contributed by atoms with Crippen molar-refractivity contribution in [3.8, 4) is 0 Å². The zero-order valence-electron chi connectivity index (χ0n) is 6.62. The van der Waals surface area contributed by atoms with Gasteiger partial charge in [-0.25, -0.2) is 0 Å². The van der Waals surface area contributed by atoms with Gasteiger partial charge in [-0.3, -0.25) is 0 Å². The number of aryl methyl sites for hydroxylation is 1. The van der Waals surface area contributed by atoms with E-state index in [4.69, 9.17) is 0 Å². The molecule has 0 fully saturated rings. The summed E-state index contributed by atoms with van der Waals surface area (Å²) in [5.74, 6) is 0. The van der Waals surface area contributed by atoms with E-state index in [1.165, 1.54) is 12.1 Å². The minimum absolute atomic E-state index is 0.0897. The molecule has 0 aliphatic carbocycles. The van der Waals surface area contributed by atoms with Crippen LogP contribution >= 0.6 is 31.9 Å². The van der Waals surface area contributed by atoms with Gasteiger partial charge in [0.15, 0.2) is 0 Å². The summed E-state index contributed by atoms with van der Waals surface area (Å²) in [5, 5.41) is 0. The van der Waals surface area contributed by atoms with Gasteiger partial charge in [0.2, 0.25) is 0 Å². The molecule has 0 amide bonds. The first-order valence-electron chi connectivity index (χ1n) is 3.48. The fourth-order valence-corrected chi connectivity index (χ4v) is 2.96. The van der Waals surface area contributed by atoms with E-state index in [0.717, 1.165) is 5.56 Å². The van der Waals surface area contributed by atoms with Gasteiger partial charge in [0.1, 0.15) is 0 Å². The lowest BCUT2D eigenvalue weighted by atomic mass is 9.80. The minimum Gasteiger partial charge on any atom is -0.445 e. The third-order valence-electron chi connectivity index (χ3n) is 1.55. The maximum Gasteiger partial charge on any atom is 0.511 e. The second kappa shape index (κ2) is 3.65. The van der Waals surface area contributed by atoms with Crippen LogP contribution in [0.15, 0.2) is 21.1 Å². The molecule has 0 aromatic heterocycles. The molecule has 1 rings (SSSR count). The lowest BCUT2D eigenvalue weighted by molar-refractivity contribution is 0.500. The molecule has 0 saturated heterocycles. The van der Waals surface area contributed by atoms with Crippen molar-refractivity contribution in [3.05, 3.63) is 26.6 Å². The van der Waals surface area contributed by atoms with Crippen LogP contribution < -0.4 is 5.46 Å². The second-order valence-corrected chi connectivity index (χ2v) is 4.43. The van der Waals surface area contributed by atoms with Crippen LogP contribution in [-0.2, 0) is 0 Å². The van der Waals surface area contributed by atoms with Gasteiger partial charge >= 0.3 is 6.98 Å². The molecule has 6 heteroatoms. The Kier molecular flexibility index (Phi) is 3.12. The molecule has 72 valence electrons. The molecule has 0 nitrogen and oxygen atoms in total. The second-order valence-electron chi connectivity index (χ2n) is 2.72. The van der Waals surface area contributed by atoms with Gasteiger partial charge in [0.25, 0.3) is 0 Å². The van der Waals surface area contributed by atoms with Crippen LogP contribution in [0, 0.1) is 6.92 Å². The van der Waals surface area contributed by atoms with E-state index in [0.29, 0.717) is 0 Å². The first-order chi connectivity index (χ1) is 5.82. The van der Waals surface area contributed by atoms with Crippen LogP contribution in [0.1, 0.15) is 5.56 Å². The predicted molar refractivity (Wildman–Crippen MR) is 55.3 cm³/mol. The van der Waals surface area contributed by atoms with E-state index in [1.807, 2.05) is 0 Å². The van der Waals surface area contributed by atoms with Crippen molar-refractivity contribution in [2.24, 2.45) is 0 Å². The van der Waals surface area contributed by atoms with Crippen LogP contribution in [0.2, 0.25) is 0 Å². The van der Waals surface area contributed by atoms with Gasteiger partial charge in [-0.2, -0.15) is 0 Å². The molecule has 1 aromatic rings. The molecule has 0 bridgehead atoms. The van der Waals surface area contributed by atoms with Crippen molar-refractivity contribution >= 4 is 44.3 Å². The topological polar surface area (TPSA) is 0 Å². The van der Waals surface area contributed by atoms with Crippen molar-refractivity contribution in [1.29, 1.82) is 0 Å². The Balaban J connectivity index is 3.38. The fourth-order valence-electron chi connectivity index (χ4n) is 1.02. The summed E-state index contributed by atoms with van der Waals surface area (Å²) < 4.78 is 37.5. The molecule has 0 atom stereocenters. The summed E-state index contributed by atoms with van der Waals surface area (Å²) in [6.07, 6.45) is 0. The van der Waals surface area contributed by atoms with Crippen LogP contribution in [-0.4, -0.2) is 6.98 Å². The molecule has 0 heterocycles. The number of halogens is 5. The van der Waals surface area contributed by atoms with Crippen molar-refractivity contribution in [2.45, 2.75) is 6.92 Å². The van der Waals surface area contributed by atoms with Crippen molar-refractivity contribution < 1.29 is 12.9 Å². The molecule has 1 aromatic carbocycles. The highest BCUT2D eigenvalue weighted by atomic mass is 79.9. The molecular weight excluding hydrogens is 312 g/mol. The SMILES string of the molecule is Cc1cc(Br)c([B-](F)(F)F)c(Br)c1. The molecular formula is C7H5BBr2F3-. The van der Waals surface area contributed by atoms with E-state index in [1.54, 1.807) is 6.92 Å². The molecule has 0 unspecified atom stereocenters. The van der Waals surface area contributed by atoms with E-state index in [9.17, 15) is 12.9 Å². The summed E-state index contributed by atoms with van der Waals surface area (Å²) in [5.41, 5.74) is 0.174. The monoisotopic (exact) mass is 315 g/mol. The minimum atomic E-state index is -4.96. The number of hydrogen-bond acceptors (Lipinski definition) is 0. The largest absolute Gasteiger partial charge is 0.511 e. The average molecular weight is 317 g/mol. The summed E-state index contributed by atoms with van der Waals surface area (Å²) >= 11 is 5.80. The third-order valence-corrected chi connectivity index (χ3v) is 2.86. The molecule has 0 radical (unpaired) electrons. The van der Waals surface area contributed by atoms with Crippen molar-refractivity contribution in [1.82, 2.24) is 0 Å². The lowest BCUT2D eigenvalue weighted by Crippen LogP contribution is -2.36. The Hall–Kier alpha value is 0.0349. The van der Waals surface area contributed by atoms with Gasteiger partial charge in [-0.1, -0.05) is 37.3 Å². The van der Waals surface area contributed by atoms with Gasteiger partial charge in [-0.05, 0) is 33.6 Å². The standard InChI is InChI=1S/C7H5BBr2F3/c1-4-2-5(9)7(6(10)3-4)8(11,12)13/h2-3H,1H3/q-1. The number of hydrogen-bond donors (Lipinski definition) is 0. The van der Waals surface area contributed by atoms with Crippen LogP contribution in [0.3, 0.4) is 0 Å². The number of benzene rings is 1. The quantitative estimate of drug-likeness (QED) is 0.695. The first kappa shape index (κ1) is 11.1. The average Bonchev–Trinajstić information content (AvgIpc) is 1.78. The third kappa shape index (κ3) is 2.50. The van der Waals surface area contributed by atoms with E-state index in [2.05, 4.69) is 31.9 Å². The summed E-state index contributed by atoms with van der Waals surface area (Å²) in [7, 11) is 0. The lowest BCUT2D eigenvalue weighted by Gasteiger charge is -2.19. The summed E-state index contributed by atoms with van der Waals surface area (Å²) in [6.45, 7) is -3.22. The fraction of sp³-hybridized carbons (Fsp3) is 0.143. The van der Waals surface area contributed by atoms with Gasteiger partial charge in [0.05, 0.1) is 0 Å². The Morgan fingerprint density at radius 1 is 1.08 bits per heavy atom. The zero-order chi connectivity index (χ0) is 10.2. The summed E-state index contributed by atoms with van der Waals surface area (Å²) in [4.78, 5) is 0. The Morgan fingerprint density at radius 3 is 1.77 bits per heavy atom. The van der Waals surface area contributed by atoms with Crippen LogP contribution in [0.5, 0.6) is 0 Å². The zero-order valence-corrected chi connectivity index (χ0v) is 9.79. The van der Waals surface area contributed by atoms with E-state index in [-0.39, 0.29) is 8.95 Å². The molecule has 0 spiro atoms.